The number of rotatable bonds is 1. The molecule has 1 rings (SSSR count). The van der Waals surface area contributed by atoms with E-state index in [1.807, 2.05) is 0 Å². The Balaban J connectivity index is 3.02. The summed E-state index contributed by atoms with van der Waals surface area (Å²) in [6.07, 6.45) is 0. The number of H-pyrrole nitrogens is 1. The number of halogens is 1. The van der Waals surface area contributed by atoms with Crippen molar-refractivity contribution in [1.82, 2.24) is 15.4 Å². The Morgan fingerprint density at radius 2 is 2.45 bits per heavy atom. The first kappa shape index (κ1) is 7.52. The van der Waals surface area contributed by atoms with Crippen molar-refractivity contribution in [2.45, 2.75) is 0 Å². The van der Waals surface area contributed by atoms with Crippen LogP contribution in [0.1, 0.15) is 10.5 Å². The molecule has 0 aromatic carbocycles. The van der Waals surface area contributed by atoms with Gasteiger partial charge in [-0.05, 0) is 10.6 Å². The number of carbonyl (C=O) groups excluding carboxylic acids is 1. The van der Waals surface area contributed by atoms with E-state index in [2.05, 4.69) is 25.4 Å². The Morgan fingerprint density at radius 1 is 1.73 bits per heavy atom. The number of hydrogen-bond donors (Lipinski definition) is 1. The predicted molar refractivity (Wildman–Crippen MR) is 34.9 cm³/mol. The Kier molecular flexibility index (Phi) is 2.05. The van der Waals surface area contributed by atoms with Crippen LogP contribution in [-0.4, -0.2) is 21.3 Å². The number of amides is 1. The predicted octanol–water partition coefficient (Wildman–Crippen LogP) is 0.909. The molecule has 1 amide bonds. The number of hydrogen-bond acceptors (Lipinski definition) is 3. The second-order valence-electron chi connectivity index (χ2n) is 1.46. The highest BCUT2D eigenvalue weighted by Gasteiger charge is 2.11. The third-order valence-electron chi connectivity index (χ3n) is 0.843. The van der Waals surface area contributed by atoms with Gasteiger partial charge in [0, 0.05) is 4.91 Å². The van der Waals surface area contributed by atoms with Gasteiger partial charge in [-0.25, -0.2) is 0 Å². The highest BCUT2D eigenvalue weighted by atomic mass is 35.5. The highest BCUT2D eigenvalue weighted by molar-refractivity contribution is 6.32. The molecule has 0 radical (unpaired) electrons. The molecule has 0 aliphatic rings. The quantitative estimate of drug-likeness (QED) is 0.386. The van der Waals surface area contributed by atoms with Gasteiger partial charge >= 0.3 is 0 Å². The van der Waals surface area contributed by atoms with Gasteiger partial charge in [-0.2, -0.15) is 10.3 Å². The van der Waals surface area contributed by atoms with Crippen LogP contribution in [0.15, 0.2) is 5.11 Å². The molecule has 0 atom stereocenters. The van der Waals surface area contributed by atoms with E-state index in [1.165, 1.54) is 0 Å². The van der Waals surface area contributed by atoms with Crippen molar-refractivity contribution in [1.29, 1.82) is 0 Å². The zero-order valence-corrected chi connectivity index (χ0v) is 5.78. The van der Waals surface area contributed by atoms with Gasteiger partial charge in [-0.1, -0.05) is 11.6 Å². The van der Waals surface area contributed by atoms with Gasteiger partial charge in [0.25, 0.3) is 5.91 Å². The number of carbonyl (C=O) groups is 1. The number of azide groups is 1. The summed E-state index contributed by atoms with van der Waals surface area (Å²) in [5.74, 6) is -0.855. The summed E-state index contributed by atoms with van der Waals surface area (Å²) in [7, 11) is 0. The highest BCUT2D eigenvalue weighted by Crippen LogP contribution is 2.08. The number of aromatic nitrogens is 3. The molecule has 1 aromatic rings. The van der Waals surface area contributed by atoms with Crippen LogP contribution in [0.3, 0.4) is 0 Å². The van der Waals surface area contributed by atoms with Crippen LogP contribution in [0, 0.1) is 0 Å². The second-order valence-corrected chi connectivity index (χ2v) is 1.82. The second kappa shape index (κ2) is 3.00. The Hall–Kier alpha value is -1.59. The third kappa shape index (κ3) is 1.46. The molecule has 0 fully saturated rings. The minimum absolute atomic E-state index is 0.109. The molecule has 0 aliphatic carbocycles. The molecular formula is C3HClN6O. The van der Waals surface area contributed by atoms with Crippen molar-refractivity contribution >= 4 is 17.5 Å². The van der Waals surface area contributed by atoms with Crippen LogP contribution in [0.25, 0.3) is 10.4 Å². The molecule has 1 heterocycles. The topological polar surface area (TPSA) is 107 Å². The minimum Gasteiger partial charge on any atom is -0.285 e. The lowest BCUT2D eigenvalue weighted by molar-refractivity contribution is 0.0996. The van der Waals surface area contributed by atoms with E-state index in [4.69, 9.17) is 17.1 Å². The molecule has 0 saturated heterocycles. The van der Waals surface area contributed by atoms with Gasteiger partial charge in [-0.3, -0.25) is 4.79 Å². The van der Waals surface area contributed by atoms with E-state index < -0.39 is 5.91 Å². The average molecular weight is 173 g/mol. The Morgan fingerprint density at radius 3 is 2.91 bits per heavy atom. The van der Waals surface area contributed by atoms with E-state index in [-0.39, 0.29) is 10.8 Å². The molecular weight excluding hydrogens is 172 g/mol. The number of aromatic amines is 1. The number of nitrogens with one attached hydrogen (secondary N) is 1. The van der Waals surface area contributed by atoms with Crippen LogP contribution in [0.5, 0.6) is 0 Å². The maximum Gasteiger partial charge on any atom is 0.272 e. The molecule has 0 saturated carbocycles. The first-order chi connectivity index (χ1) is 5.25. The summed E-state index contributed by atoms with van der Waals surface area (Å²) >= 11 is 5.36. The van der Waals surface area contributed by atoms with Gasteiger partial charge < -0.3 is 0 Å². The van der Waals surface area contributed by atoms with Gasteiger partial charge in [0.2, 0.25) is 0 Å². The maximum absolute atomic E-state index is 10.7. The fourth-order valence-electron chi connectivity index (χ4n) is 0.442. The first-order valence-electron chi connectivity index (χ1n) is 2.41. The normalized spacial score (nSPS) is 8.82. The lowest BCUT2D eigenvalue weighted by atomic mass is 10.5. The zero-order chi connectivity index (χ0) is 8.27. The Labute approximate surface area is 65.0 Å². The molecule has 11 heavy (non-hydrogen) atoms. The lowest BCUT2D eigenvalue weighted by Gasteiger charge is -1.81. The van der Waals surface area contributed by atoms with Crippen LogP contribution >= 0.6 is 11.6 Å². The monoisotopic (exact) mass is 172 g/mol. The maximum atomic E-state index is 10.7. The molecule has 0 unspecified atom stereocenters. The van der Waals surface area contributed by atoms with Crippen molar-refractivity contribution in [2.75, 3.05) is 0 Å². The SMILES string of the molecule is [N-]=[N+]=NC(=O)c1n[nH]nc1Cl. The zero-order valence-electron chi connectivity index (χ0n) is 5.02. The fraction of sp³-hybridized carbons (Fsp3) is 0. The van der Waals surface area contributed by atoms with Gasteiger partial charge in [0.1, 0.15) is 0 Å². The Bertz CT molecular complexity index is 324. The lowest BCUT2D eigenvalue weighted by Crippen LogP contribution is -1.94. The molecule has 0 bridgehead atoms. The molecule has 56 valence electrons. The van der Waals surface area contributed by atoms with Crippen molar-refractivity contribution in [3.63, 3.8) is 0 Å². The third-order valence-corrected chi connectivity index (χ3v) is 1.11. The van der Waals surface area contributed by atoms with Gasteiger partial charge in [-0.15, -0.1) is 5.10 Å². The standard InChI is InChI=1S/C3HClN6O/c4-2-1(6-10-7-2)3(11)8-9-5/h(H,6,7,10). The van der Waals surface area contributed by atoms with E-state index in [1.54, 1.807) is 0 Å². The molecule has 8 heteroatoms. The van der Waals surface area contributed by atoms with E-state index in [0.29, 0.717) is 0 Å². The van der Waals surface area contributed by atoms with Gasteiger partial charge in [0.15, 0.2) is 10.8 Å². The van der Waals surface area contributed by atoms with Crippen LogP contribution in [0.4, 0.5) is 0 Å². The summed E-state index contributed by atoms with van der Waals surface area (Å²) in [5.41, 5.74) is 7.69. The van der Waals surface area contributed by atoms with E-state index >= 15 is 0 Å². The minimum atomic E-state index is -0.855. The van der Waals surface area contributed by atoms with E-state index in [9.17, 15) is 4.79 Å². The molecule has 1 aromatic heterocycles. The van der Waals surface area contributed by atoms with Crippen molar-refractivity contribution in [3.8, 4) is 0 Å². The fourth-order valence-corrected chi connectivity index (χ4v) is 0.603. The summed E-state index contributed by atoms with van der Waals surface area (Å²) in [6.45, 7) is 0. The van der Waals surface area contributed by atoms with Crippen molar-refractivity contribution in [2.24, 2.45) is 5.11 Å². The van der Waals surface area contributed by atoms with Crippen molar-refractivity contribution < 1.29 is 4.79 Å². The molecule has 7 nitrogen and oxygen atoms in total. The molecule has 1 N–H and O–H groups in total. The van der Waals surface area contributed by atoms with Crippen LogP contribution < -0.4 is 0 Å². The van der Waals surface area contributed by atoms with Gasteiger partial charge in [0.05, 0.1) is 0 Å². The van der Waals surface area contributed by atoms with Crippen LogP contribution in [-0.2, 0) is 0 Å². The average Bonchev–Trinajstić information content (AvgIpc) is 2.36. The number of nitrogens with zero attached hydrogens (tertiary/aromatic N) is 5. The van der Waals surface area contributed by atoms with Crippen LogP contribution in [0.2, 0.25) is 5.15 Å². The first-order valence-corrected chi connectivity index (χ1v) is 2.79. The molecule has 0 spiro atoms. The smallest absolute Gasteiger partial charge is 0.272 e. The largest absolute Gasteiger partial charge is 0.285 e. The van der Waals surface area contributed by atoms with E-state index in [0.717, 1.165) is 0 Å². The molecule has 0 aliphatic heterocycles. The summed E-state index contributed by atoms with van der Waals surface area (Å²) < 4.78 is 0. The summed E-state index contributed by atoms with van der Waals surface area (Å²) in [6, 6.07) is 0. The van der Waals surface area contributed by atoms with Crippen molar-refractivity contribution in [3.05, 3.63) is 21.3 Å². The summed E-state index contributed by atoms with van der Waals surface area (Å²) in [4.78, 5) is 13.0. The summed E-state index contributed by atoms with van der Waals surface area (Å²) in [5, 5.41) is 11.5.